The zero-order chi connectivity index (χ0) is 14.3. The summed E-state index contributed by atoms with van der Waals surface area (Å²) >= 11 is 3.33. The second-order valence-corrected chi connectivity index (χ2v) is 5.05. The Balaban J connectivity index is 2.13. The number of hydrogen-bond donors (Lipinski definition) is 0. The summed E-state index contributed by atoms with van der Waals surface area (Å²) in [6.07, 6.45) is -1.63. The highest BCUT2D eigenvalue weighted by Gasteiger charge is 2.32. The van der Waals surface area contributed by atoms with Gasteiger partial charge in [-0.15, -0.1) is 0 Å². The topological polar surface area (TPSA) is 30.2 Å². The van der Waals surface area contributed by atoms with E-state index in [-0.39, 0.29) is 5.78 Å². The first-order valence-electron chi connectivity index (χ1n) is 5.62. The summed E-state index contributed by atoms with van der Waals surface area (Å²) in [5.41, 5.74) is 0.592. The zero-order valence-electron chi connectivity index (χ0n) is 9.89. The summed E-state index contributed by atoms with van der Waals surface area (Å²) in [6.45, 7) is 0. The van der Waals surface area contributed by atoms with Crippen LogP contribution >= 0.6 is 15.9 Å². The van der Waals surface area contributed by atoms with Gasteiger partial charge in [0.1, 0.15) is 5.69 Å². The molecule has 20 heavy (non-hydrogen) atoms. The molecule has 3 aromatic rings. The third-order valence-corrected chi connectivity index (χ3v) is 3.34. The van der Waals surface area contributed by atoms with Crippen molar-refractivity contribution in [3.8, 4) is 11.3 Å². The zero-order valence-corrected chi connectivity index (χ0v) is 11.5. The standard InChI is InChI=1S/C13H7BrF3N3/c14-9-3-1-8(2-4-9)10-7-18-12-19-11(13(15,16)17)5-6-20(10)12/h1-7H. The lowest BCUT2D eigenvalue weighted by Gasteiger charge is -2.06. The van der Waals surface area contributed by atoms with Crippen molar-refractivity contribution in [2.24, 2.45) is 0 Å². The average molecular weight is 342 g/mol. The minimum Gasteiger partial charge on any atom is -0.284 e. The molecular formula is C13H7BrF3N3. The van der Waals surface area contributed by atoms with Gasteiger partial charge in [-0.05, 0) is 18.2 Å². The van der Waals surface area contributed by atoms with Crippen LogP contribution in [0.25, 0.3) is 17.0 Å². The maximum atomic E-state index is 12.6. The van der Waals surface area contributed by atoms with Crippen molar-refractivity contribution in [3.05, 3.63) is 52.9 Å². The van der Waals surface area contributed by atoms with Crippen molar-refractivity contribution in [1.82, 2.24) is 14.4 Å². The number of benzene rings is 1. The van der Waals surface area contributed by atoms with Gasteiger partial charge in [0.25, 0.3) is 0 Å². The van der Waals surface area contributed by atoms with Gasteiger partial charge in [0.05, 0.1) is 11.9 Å². The largest absolute Gasteiger partial charge is 0.433 e. The first kappa shape index (κ1) is 13.1. The molecule has 0 spiro atoms. The molecule has 2 heterocycles. The average Bonchev–Trinajstić information content (AvgIpc) is 2.81. The second kappa shape index (κ2) is 4.59. The Morgan fingerprint density at radius 2 is 1.75 bits per heavy atom. The van der Waals surface area contributed by atoms with Crippen LogP contribution in [0.4, 0.5) is 13.2 Å². The number of alkyl halides is 3. The predicted octanol–water partition coefficient (Wildman–Crippen LogP) is 4.18. The molecule has 0 amide bonds. The number of imidazole rings is 1. The molecular weight excluding hydrogens is 335 g/mol. The van der Waals surface area contributed by atoms with E-state index in [0.717, 1.165) is 16.1 Å². The van der Waals surface area contributed by atoms with E-state index in [1.165, 1.54) is 16.8 Å². The van der Waals surface area contributed by atoms with E-state index >= 15 is 0 Å². The Labute approximate surface area is 120 Å². The Morgan fingerprint density at radius 3 is 2.40 bits per heavy atom. The van der Waals surface area contributed by atoms with Crippen molar-refractivity contribution >= 4 is 21.7 Å². The third kappa shape index (κ3) is 2.29. The van der Waals surface area contributed by atoms with E-state index in [4.69, 9.17) is 0 Å². The van der Waals surface area contributed by atoms with Crippen LogP contribution in [-0.2, 0) is 6.18 Å². The van der Waals surface area contributed by atoms with Gasteiger partial charge in [0, 0.05) is 16.2 Å². The van der Waals surface area contributed by atoms with Crippen molar-refractivity contribution in [2.45, 2.75) is 6.18 Å². The minimum absolute atomic E-state index is 0.0257. The molecule has 0 fully saturated rings. The molecule has 0 atom stereocenters. The Morgan fingerprint density at radius 1 is 1.05 bits per heavy atom. The van der Waals surface area contributed by atoms with Crippen molar-refractivity contribution < 1.29 is 13.2 Å². The molecule has 0 aliphatic rings. The first-order valence-corrected chi connectivity index (χ1v) is 6.42. The maximum Gasteiger partial charge on any atom is 0.433 e. The van der Waals surface area contributed by atoms with E-state index in [0.29, 0.717) is 5.69 Å². The molecule has 2 aromatic heterocycles. The van der Waals surface area contributed by atoms with E-state index in [2.05, 4.69) is 25.9 Å². The molecule has 1 aromatic carbocycles. The molecule has 0 saturated heterocycles. The normalized spacial score (nSPS) is 12.0. The van der Waals surface area contributed by atoms with Gasteiger partial charge in [-0.3, -0.25) is 4.40 Å². The number of hydrogen-bond acceptors (Lipinski definition) is 2. The molecule has 0 aliphatic carbocycles. The van der Waals surface area contributed by atoms with Gasteiger partial charge in [-0.1, -0.05) is 28.1 Å². The van der Waals surface area contributed by atoms with E-state index in [9.17, 15) is 13.2 Å². The molecule has 0 saturated carbocycles. The minimum atomic E-state index is -4.47. The Bertz CT molecular complexity index is 763. The van der Waals surface area contributed by atoms with Gasteiger partial charge >= 0.3 is 6.18 Å². The van der Waals surface area contributed by atoms with Crippen LogP contribution in [-0.4, -0.2) is 14.4 Å². The van der Waals surface area contributed by atoms with Crippen LogP contribution < -0.4 is 0 Å². The molecule has 0 N–H and O–H groups in total. The van der Waals surface area contributed by atoms with Crippen molar-refractivity contribution in [1.29, 1.82) is 0 Å². The number of halogens is 4. The molecule has 102 valence electrons. The van der Waals surface area contributed by atoms with Crippen molar-refractivity contribution in [3.63, 3.8) is 0 Å². The highest BCUT2D eigenvalue weighted by atomic mass is 79.9. The van der Waals surface area contributed by atoms with Gasteiger partial charge in [0.2, 0.25) is 5.78 Å². The Kier molecular flexibility index (Phi) is 3.01. The van der Waals surface area contributed by atoms with Gasteiger partial charge in [-0.25, -0.2) is 9.97 Å². The van der Waals surface area contributed by atoms with Crippen LogP contribution in [0.15, 0.2) is 47.2 Å². The second-order valence-electron chi connectivity index (χ2n) is 4.13. The summed E-state index contributed by atoms with van der Waals surface area (Å²) in [6, 6.07) is 8.35. The molecule has 0 radical (unpaired) electrons. The van der Waals surface area contributed by atoms with E-state index in [1.54, 1.807) is 0 Å². The SMILES string of the molecule is FC(F)(F)c1ccn2c(-c3ccc(Br)cc3)cnc2n1. The highest BCUT2D eigenvalue weighted by molar-refractivity contribution is 9.10. The van der Waals surface area contributed by atoms with Gasteiger partial charge in [-0.2, -0.15) is 13.2 Å². The van der Waals surface area contributed by atoms with Crippen LogP contribution in [0.1, 0.15) is 5.69 Å². The lowest BCUT2D eigenvalue weighted by Crippen LogP contribution is -2.09. The molecule has 0 aliphatic heterocycles. The molecule has 3 rings (SSSR count). The van der Waals surface area contributed by atoms with E-state index < -0.39 is 11.9 Å². The summed E-state index contributed by atoms with van der Waals surface area (Å²) in [4.78, 5) is 7.46. The van der Waals surface area contributed by atoms with Crippen LogP contribution in [0, 0.1) is 0 Å². The van der Waals surface area contributed by atoms with Crippen LogP contribution in [0.3, 0.4) is 0 Å². The monoisotopic (exact) mass is 341 g/mol. The highest BCUT2D eigenvalue weighted by Crippen LogP contribution is 2.29. The van der Waals surface area contributed by atoms with E-state index in [1.807, 2.05) is 24.3 Å². The third-order valence-electron chi connectivity index (χ3n) is 2.81. The van der Waals surface area contributed by atoms with Gasteiger partial charge in [0.15, 0.2) is 0 Å². The fourth-order valence-corrected chi connectivity index (χ4v) is 2.13. The fourth-order valence-electron chi connectivity index (χ4n) is 1.86. The summed E-state index contributed by atoms with van der Waals surface area (Å²) in [5.74, 6) is 0.0257. The van der Waals surface area contributed by atoms with Crippen LogP contribution in [0.5, 0.6) is 0 Å². The molecule has 0 unspecified atom stereocenters. The van der Waals surface area contributed by atoms with Crippen LogP contribution in [0.2, 0.25) is 0 Å². The predicted molar refractivity (Wildman–Crippen MR) is 71.1 cm³/mol. The Hall–Kier alpha value is -1.89. The fraction of sp³-hybridized carbons (Fsp3) is 0.0769. The number of aromatic nitrogens is 3. The number of fused-ring (bicyclic) bond motifs is 1. The number of nitrogens with zero attached hydrogens (tertiary/aromatic N) is 3. The summed E-state index contributed by atoms with van der Waals surface area (Å²) in [5, 5.41) is 0. The molecule has 0 bridgehead atoms. The number of rotatable bonds is 1. The first-order chi connectivity index (χ1) is 9.45. The molecule has 7 heteroatoms. The quantitative estimate of drug-likeness (QED) is 0.664. The smallest absolute Gasteiger partial charge is 0.284 e. The summed E-state index contributed by atoms with van der Waals surface area (Å²) < 4.78 is 40.2. The van der Waals surface area contributed by atoms with Gasteiger partial charge < -0.3 is 0 Å². The lowest BCUT2D eigenvalue weighted by molar-refractivity contribution is -0.141. The summed E-state index contributed by atoms with van der Waals surface area (Å²) in [7, 11) is 0. The lowest BCUT2D eigenvalue weighted by atomic mass is 10.2. The maximum absolute atomic E-state index is 12.6. The molecule has 3 nitrogen and oxygen atoms in total. The van der Waals surface area contributed by atoms with Crippen molar-refractivity contribution in [2.75, 3.05) is 0 Å².